The molecule has 0 unspecified atom stereocenters. The van der Waals surface area contributed by atoms with Gasteiger partial charge in [0.1, 0.15) is 0 Å². The van der Waals surface area contributed by atoms with Crippen molar-refractivity contribution in [1.29, 1.82) is 0 Å². The van der Waals surface area contributed by atoms with Gasteiger partial charge in [0.2, 0.25) is 0 Å². The van der Waals surface area contributed by atoms with E-state index in [0.717, 1.165) is 0 Å². The monoisotopic (exact) mass is 130 g/mol. The fourth-order valence-corrected chi connectivity index (χ4v) is 0.300. The zero-order valence-corrected chi connectivity index (χ0v) is 5.94. The summed E-state index contributed by atoms with van der Waals surface area (Å²) in [5.74, 6) is 0.485. The van der Waals surface area contributed by atoms with Crippen molar-refractivity contribution in [2.75, 3.05) is 7.11 Å². The topological polar surface area (TPSA) is 9.23 Å². The molecule has 0 atom stereocenters. The molecule has 0 heterocycles. The Kier molecular flexibility index (Phi) is 3.76. The van der Waals surface area contributed by atoms with Crippen LogP contribution in [0.4, 0.5) is 4.39 Å². The van der Waals surface area contributed by atoms with Crippen LogP contribution in [0, 0.1) is 0 Å². The quantitative estimate of drug-likeness (QED) is 0.412. The summed E-state index contributed by atoms with van der Waals surface area (Å²) in [6.07, 6.45) is 2.94. The first-order valence-corrected chi connectivity index (χ1v) is 2.71. The Morgan fingerprint density at radius 3 is 2.22 bits per heavy atom. The fourth-order valence-electron chi connectivity index (χ4n) is 0.300. The minimum atomic E-state index is -0.216. The summed E-state index contributed by atoms with van der Waals surface area (Å²) in [7, 11) is 1.55. The Labute approximate surface area is 54.8 Å². The highest BCUT2D eigenvalue weighted by molar-refractivity contribution is 5.07. The molecule has 0 aliphatic rings. The molecule has 0 aromatic heterocycles. The van der Waals surface area contributed by atoms with Crippen LogP contribution in [0.5, 0.6) is 0 Å². The van der Waals surface area contributed by atoms with E-state index >= 15 is 0 Å². The van der Waals surface area contributed by atoms with Gasteiger partial charge in [0.15, 0.2) is 0 Å². The van der Waals surface area contributed by atoms with E-state index in [4.69, 9.17) is 4.74 Å². The second kappa shape index (κ2) is 4.13. The molecule has 0 saturated carbocycles. The van der Waals surface area contributed by atoms with Crippen molar-refractivity contribution < 1.29 is 9.13 Å². The molecule has 0 aliphatic heterocycles. The predicted octanol–water partition coefficient (Wildman–Crippen LogP) is 2.41. The van der Waals surface area contributed by atoms with Gasteiger partial charge in [-0.25, -0.2) is 4.39 Å². The van der Waals surface area contributed by atoms with Crippen LogP contribution >= 0.6 is 0 Å². The first-order chi connectivity index (χ1) is 4.16. The summed E-state index contributed by atoms with van der Waals surface area (Å²) >= 11 is 0. The molecule has 0 aromatic rings. The number of ether oxygens (including phenoxy) is 1. The number of methoxy groups -OCH3 is 1. The Morgan fingerprint density at radius 2 is 1.89 bits per heavy atom. The van der Waals surface area contributed by atoms with Gasteiger partial charge in [0.05, 0.1) is 18.7 Å². The van der Waals surface area contributed by atoms with E-state index < -0.39 is 0 Å². The van der Waals surface area contributed by atoms with Gasteiger partial charge in [-0.05, 0) is 26.0 Å². The highest BCUT2D eigenvalue weighted by Gasteiger charge is 1.80. The zero-order valence-electron chi connectivity index (χ0n) is 5.94. The maximum absolute atomic E-state index is 12.0. The Morgan fingerprint density at radius 1 is 1.33 bits per heavy atom. The van der Waals surface area contributed by atoms with Crippen LogP contribution < -0.4 is 0 Å². The molecule has 0 saturated heterocycles. The minimum absolute atomic E-state index is 0.216. The number of allylic oxidation sites excluding steroid dienone is 4. The lowest BCUT2D eigenvalue weighted by Gasteiger charge is -1.93. The highest BCUT2D eigenvalue weighted by Crippen LogP contribution is 1.97. The molecule has 52 valence electrons. The normalized spacial score (nSPS) is 13.8. The van der Waals surface area contributed by atoms with Crippen LogP contribution in [-0.2, 0) is 4.74 Å². The van der Waals surface area contributed by atoms with Gasteiger partial charge in [-0.1, -0.05) is 0 Å². The van der Waals surface area contributed by atoms with Crippen LogP contribution in [0.15, 0.2) is 23.7 Å². The Hall–Kier alpha value is -0.790. The van der Waals surface area contributed by atoms with Crippen molar-refractivity contribution in [1.82, 2.24) is 0 Å². The number of halogens is 1. The van der Waals surface area contributed by atoms with E-state index in [9.17, 15) is 4.39 Å². The second-order valence-electron chi connectivity index (χ2n) is 1.73. The Bertz CT molecular complexity index is 132. The summed E-state index contributed by atoms with van der Waals surface area (Å²) < 4.78 is 16.7. The third-order valence-electron chi connectivity index (χ3n) is 0.870. The molecular weight excluding hydrogens is 119 g/mol. The largest absolute Gasteiger partial charge is 0.501 e. The first kappa shape index (κ1) is 8.21. The van der Waals surface area contributed by atoms with E-state index in [2.05, 4.69) is 0 Å². The van der Waals surface area contributed by atoms with Gasteiger partial charge in [-0.15, -0.1) is 0 Å². The highest BCUT2D eigenvalue weighted by atomic mass is 19.1. The summed E-state index contributed by atoms with van der Waals surface area (Å²) in [5.41, 5.74) is 0. The number of hydrogen-bond acceptors (Lipinski definition) is 1. The van der Waals surface area contributed by atoms with E-state index in [1.54, 1.807) is 20.1 Å². The molecule has 2 heteroatoms. The SMILES string of the molecule is CO/C(C)=C/C=C(\C)F. The van der Waals surface area contributed by atoms with Crippen molar-refractivity contribution in [3.63, 3.8) is 0 Å². The molecule has 1 nitrogen and oxygen atoms in total. The standard InChI is InChI=1S/C7H11FO/c1-6(8)4-5-7(2)9-3/h4-5H,1-3H3/b6-4+,7-5+. The molecule has 0 aromatic carbocycles. The summed E-state index contributed by atoms with van der Waals surface area (Å²) in [4.78, 5) is 0. The van der Waals surface area contributed by atoms with Crippen molar-refractivity contribution in [3.05, 3.63) is 23.7 Å². The molecule has 0 aliphatic carbocycles. The lowest BCUT2D eigenvalue weighted by molar-refractivity contribution is 0.293. The van der Waals surface area contributed by atoms with Crippen molar-refractivity contribution in [3.8, 4) is 0 Å². The number of rotatable bonds is 2. The molecule has 0 bridgehead atoms. The van der Waals surface area contributed by atoms with E-state index in [0.29, 0.717) is 5.76 Å². The third-order valence-corrected chi connectivity index (χ3v) is 0.870. The molecule has 0 spiro atoms. The van der Waals surface area contributed by atoms with Crippen LogP contribution in [0.3, 0.4) is 0 Å². The molecule has 0 radical (unpaired) electrons. The lowest BCUT2D eigenvalue weighted by Crippen LogP contribution is -1.75. The van der Waals surface area contributed by atoms with Crippen LogP contribution in [-0.4, -0.2) is 7.11 Å². The smallest absolute Gasteiger partial charge is 0.0969 e. The lowest BCUT2D eigenvalue weighted by atomic mass is 10.4. The summed E-state index contributed by atoms with van der Waals surface area (Å²) in [6.45, 7) is 3.15. The maximum atomic E-state index is 12.0. The molecule has 9 heavy (non-hydrogen) atoms. The minimum Gasteiger partial charge on any atom is -0.501 e. The molecule has 0 N–H and O–H groups in total. The van der Waals surface area contributed by atoms with Crippen LogP contribution in [0.1, 0.15) is 13.8 Å². The third kappa shape index (κ3) is 5.07. The number of hydrogen-bond donors (Lipinski definition) is 0. The average Bonchev–Trinajstić information content (AvgIpc) is 1.83. The van der Waals surface area contributed by atoms with Crippen LogP contribution in [0.2, 0.25) is 0 Å². The average molecular weight is 130 g/mol. The maximum Gasteiger partial charge on any atom is 0.0969 e. The van der Waals surface area contributed by atoms with Gasteiger partial charge in [-0.3, -0.25) is 0 Å². The van der Waals surface area contributed by atoms with Crippen molar-refractivity contribution in [2.24, 2.45) is 0 Å². The van der Waals surface area contributed by atoms with Gasteiger partial charge in [0, 0.05) is 0 Å². The Balaban J connectivity index is 3.83. The zero-order chi connectivity index (χ0) is 7.28. The van der Waals surface area contributed by atoms with E-state index in [1.807, 2.05) is 0 Å². The summed E-state index contributed by atoms with van der Waals surface area (Å²) in [6, 6.07) is 0. The summed E-state index contributed by atoms with van der Waals surface area (Å²) in [5, 5.41) is 0. The molecule has 0 rings (SSSR count). The van der Waals surface area contributed by atoms with Gasteiger partial charge >= 0.3 is 0 Å². The second-order valence-corrected chi connectivity index (χ2v) is 1.73. The van der Waals surface area contributed by atoms with Crippen LogP contribution in [0.25, 0.3) is 0 Å². The fraction of sp³-hybridized carbons (Fsp3) is 0.429. The van der Waals surface area contributed by atoms with Gasteiger partial charge in [-0.2, -0.15) is 0 Å². The van der Waals surface area contributed by atoms with Gasteiger partial charge in [0.25, 0.3) is 0 Å². The predicted molar refractivity (Wildman–Crippen MR) is 35.6 cm³/mol. The van der Waals surface area contributed by atoms with Crippen molar-refractivity contribution in [2.45, 2.75) is 13.8 Å². The van der Waals surface area contributed by atoms with Crippen molar-refractivity contribution >= 4 is 0 Å². The van der Waals surface area contributed by atoms with Gasteiger partial charge < -0.3 is 4.74 Å². The van der Waals surface area contributed by atoms with E-state index in [1.165, 1.54) is 13.0 Å². The van der Waals surface area contributed by atoms with E-state index in [-0.39, 0.29) is 5.83 Å². The molecular formula is C7H11FO. The molecule has 0 fully saturated rings. The first-order valence-electron chi connectivity index (χ1n) is 2.71. The molecule has 0 amide bonds.